The molecule has 0 bridgehead atoms. The van der Waals surface area contributed by atoms with Gasteiger partial charge < -0.3 is 19.9 Å². The molecule has 1 aromatic rings. The minimum atomic E-state index is 0.452. The molecular formula is C12H20N2O3. The lowest BCUT2D eigenvalue weighted by Gasteiger charge is -2.06. The predicted octanol–water partition coefficient (Wildman–Crippen LogP) is 0.720. The molecule has 5 heteroatoms. The minimum absolute atomic E-state index is 0.452. The highest BCUT2D eigenvalue weighted by Gasteiger charge is 1.97. The Morgan fingerprint density at radius 2 is 1.76 bits per heavy atom. The Labute approximate surface area is 102 Å². The van der Waals surface area contributed by atoms with Crippen LogP contribution in [0.4, 0.5) is 0 Å². The Balaban J connectivity index is 2.09. The molecule has 1 aromatic heterocycles. The van der Waals surface area contributed by atoms with Crippen LogP contribution >= 0.6 is 0 Å². The number of rotatable bonds is 9. The lowest BCUT2D eigenvalue weighted by molar-refractivity contribution is 0.0192. The van der Waals surface area contributed by atoms with Crippen LogP contribution in [0.5, 0.6) is 0 Å². The second-order valence-electron chi connectivity index (χ2n) is 3.48. The normalized spacial score (nSPS) is 10.7. The molecule has 0 aliphatic heterocycles. The van der Waals surface area contributed by atoms with Gasteiger partial charge in [0.25, 0.3) is 0 Å². The summed E-state index contributed by atoms with van der Waals surface area (Å²) in [6.07, 6.45) is 0. The third kappa shape index (κ3) is 6.33. The molecule has 1 heterocycles. The van der Waals surface area contributed by atoms with Gasteiger partial charge in [-0.25, -0.2) is 0 Å². The van der Waals surface area contributed by atoms with Crippen molar-refractivity contribution in [3.8, 4) is 0 Å². The van der Waals surface area contributed by atoms with E-state index in [0.29, 0.717) is 39.6 Å². The monoisotopic (exact) mass is 240 g/mol. The maximum absolute atomic E-state index is 5.51. The molecular weight excluding hydrogens is 220 g/mol. The Hall–Kier alpha value is -1.01. The average molecular weight is 240 g/mol. The maximum Gasteiger partial charge on any atom is 0.0889 e. The summed E-state index contributed by atoms with van der Waals surface area (Å²) in [7, 11) is 1.65. The molecule has 0 spiro atoms. The van der Waals surface area contributed by atoms with Gasteiger partial charge in [-0.2, -0.15) is 0 Å². The van der Waals surface area contributed by atoms with Crippen LogP contribution in [0.2, 0.25) is 0 Å². The highest BCUT2D eigenvalue weighted by molar-refractivity contribution is 5.10. The Kier molecular flexibility index (Phi) is 7.49. The zero-order chi connectivity index (χ0) is 12.3. The second-order valence-corrected chi connectivity index (χ2v) is 3.48. The molecule has 0 radical (unpaired) electrons. The number of nitrogens with zero attached hydrogens (tertiary/aromatic N) is 1. The molecule has 0 atom stereocenters. The van der Waals surface area contributed by atoms with Crippen LogP contribution in [0.3, 0.4) is 0 Å². The first-order valence-corrected chi connectivity index (χ1v) is 5.66. The number of ether oxygens (including phenoxy) is 3. The number of hydrogen-bond acceptors (Lipinski definition) is 5. The predicted molar refractivity (Wildman–Crippen MR) is 64.5 cm³/mol. The lowest BCUT2D eigenvalue weighted by atomic mass is 10.3. The zero-order valence-corrected chi connectivity index (χ0v) is 10.2. The fraction of sp³-hybridized carbons (Fsp3) is 0.583. The van der Waals surface area contributed by atoms with E-state index in [9.17, 15) is 0 Å². The van der Waals surface area contributed by atoms with Gasteiger partial charge in [0, 0.05) is 13.7 Å². The summed E-state index contributed by atoms with van der Waals surface area (Å²) in [5.41, 5.74) is 7.28. The van der Waals surface area contributed by atoms with Crippen LogP contribution in [0.15, 0.2) is 18.2 Å². The number of hydrogen-bond donors (Lipinski definition) is 1. The number of aromatic nitrogens is 1. The fourth-order valence-corrected chi connectivity index (χ4v) is 1.26. The molecule has 0 aliphatic rings. The number of nitrogens with two attached hydrogens (primary N) is 1. The summed E-state index contributed by atoms with van der Waals surface area (Å²) in [6.45, 7) is 3.27. The van der Waals surface area contributed by atoms with E-state index in [4.69, 9.17) is 19.9 Å². The Bertz CT molecular complexity index is 308. The van der Waals surface area contributed by atoms with Crippen LogP contribution in [0, 0.1) is 0 Å². The first-order valence-electron chi connectivity index (χ1n) is 5.66. The van der Waals surface area contributed by atoms with Crippen LogP contribution < -0.4 is 5.73 Å². The highest BCUT2D eigenvalue weighted by Crippen LogP contribution is 2.00. The lowest BCUT2D eigenvalue weighted by Crippen LogP contribution is -2.09. The van der Waals surface area contributed by atoms with E-state index in [2.05, 4.69) is 4.98 Å². The zero-order valence-electron chi connectivity index (χ0n) is 10.2. The van der Waals surface area contributed by atoms with Gasteiger partial charge in [0.1, 0.15) is 0 Å². The molecule has 0 fully saturated rings. The SMILES string of the molecule is COCCOCCOCc1cccc(CN)n1. The van der Waals surface area contributed by atoms with Gasteiger partial charge >= 0.3 is 0 Å². The molecule has 2 N–H and O–H groups in total. The van der Waals surface area contributed by atoms with Crippen molar-refractivity contribution in [2.45, 2.75) is 13.2 Å². The van der Waals surface area contributed by atoms with Gasteiger partial charge in [-0.15, -0.1) is 0 Å². The van der Waals surface area contributed by atoms with Crippen molar-refractivity contribution in [3.05, 3.63) is 29.6 Å². The molecule has 0 saturated heterocycles. The standard InChI is InChI=1S/C12H20N2O3/c1-15-5-6-16-7-8-17-10-12-4-2-3-11(9-13)14-12/h2-4H,5-10,13H2,1H3. The van der Waals surface area contributed by atoms with E-state index in [1.807, 2.05) is 18.2 Å². The summed E-state index contributed by atoms with van der Waals surface area (Å²) < 4.78 is 15.6. The van der Waals surface area contributed by atoms with Crippen LogP contribution in [-0.2, 0) is 27.4 Å². The maximum atomic E-state index is 5.51. The van der Waals surface area contributed by atoms with Crippen molar-refractivity contribution >= 4 is 0 Å². The minimum Gasteiger partial charge on any atom is -0.382 e. The summed E-state index contributed by atoms with van der Waals surface area (Å²) in [4.78, 5) is 4.33. The van der Waals surface area contributed by atoms with Gasteiger partial charge in [-0.05, 0) is 12.1 Å². The van der Waals surface area contributed by atoms with Crippen molar-refractivity contribution in [1.82, 2.24) is 4.98 Å². The first-order chi connectivity index (χ1) is 8.36. The summed E-state index contributed by atoms with van der Waals surface area (Å²) in [6, 6.07) is 5.76. The van der Waals surface area contributed by atoms with Crippen LogP contribution in [0.25, 0.3) is 0 Å². The summed E-state index contributed by atoms with van der Waals surface area (Å²) in [5, 5.41) is 0. The molecule has 5 nitrogen and oxygen atoms in total. The van der Waals surface area contributed by atoms with E-state index in [1.165, 1.54) is 0 Å². The highest BCUT2D eigenvalue weighted by atomic mass is 16.5. The third-order valence-corrected chi connectivity index (χ3v) is 2.13. The average Bonchev–Trinajstić information content (AvgIpc) is 2.38. The topological polar surface area (TPSA) is 66.6 Å². The van der Waals surface area contributed by atoms with Crippen LogP contribution in [-0.4, -0.2) is 38.5 Å². The van der Waals surface area contributed by atoms with E-state index < -0.39 is 0 Å². The molecule has 96 valence electrons. The number of methoxy groups -OCH3 is 1. The van der Waals surface area contributed by atoms with Gasteiger partial charge in [0.2, 0.25) is 0 Å². The van der Waals surface area contributed by atoms with Crippen molar-refractivity contribution in [2.24, 2.45) is 5.73 Å². The Morgan fingerprint density at radius 3 is 2.53 bits per heavy atom. The van der Waals surface area contributed by atoms with E-state index in [1.54, 1.807) is 7.11 Å². The smallest absolute Gasteiger partial charge is 0.0889 e. The van der Waals surface area contributed by atoms with Crippen LogP contribution in [0.1, 0.15) is 11.4 Å². The fourth-order valence-electron chi connectivity index (χ4n) is 1.26. The molecule has 0 aromatic carbocycles. The largest absolute Gasteiger partial charge is 0.382 e. The van der Waals surface area contributed by atoms with Crippen molar-refractivity contribution < 1.29 is 14.2 Å². The van der Waals surface area contributed by atoms with E-state index >= 15 is 0 Å². The summed E-state index contributed by atoms with van der Waals surface area (Å²) in [5.74, 6) is 0. The molecule has 0 unspecified atom stereocenters. The second kappa shape index (κ2) is 9.07. The molecule has 1 rings (SSSR count). The first kappa shape index (κ1) is 14.1. The van der Waals surface area contributed by atoms with E-state index in [-0.39, 0.29) is 0 Å². The molecule has 0 amide bonds. The van der Waals surface area contributed by atoms with Gasteiger partial charge in [0.05, 0.1) is 44.4 Å². The van der Waals surface area contributed by atoms with Gasteiger partial charge in [-0.1, -0.05) is 6.07 Å². The Morgan fingerprint density at radius 1 is 1.06 bits per heavy atom. The van der Waals surface area contributed by atoms with Gasteiger partial charge in [0.15, 0.2) is 0 Å². The van der Waals surface area contributed by atoms with Crippen molar-refractivity contribution in [1.29, 1.82) is 0 Å². The third-order valence-electron chi connectivity index (χ3n) is 2.13. The van der Waals surface area contributed by atoms with Gasteiger partial charge in [-0.3, -0.25) is 4.98 Å². The summed E-state index contributed by atoms with van der Waals surface area (Å²) >= 11 is 0. The van der Waals surface area contributed by atoms with Crippen molar-refractivity contribution in [3.63, 3.8) is 0 Å². The molecule has 17 heavy (non-hydrogen) atoms. The van der Waals surface area contributed by atoms with Crippen molar-refractivity contribution in [2.75, 3.05) is 33.5 Å². The van der Waals surface area contributed by atoms with E-state index in [0.717, 1.165) is 11.4 Å². The molecule has 0 saturated carbocycles. The quantitative estimate of drug-likeness (QED) is 0.644. The molecule has 0 aliphatic carbocycles. The number of pyridine rings is 1.